The van der Waals surface area contributed by atoms with Crippen LogP contribution < -0.4 is 14.4 Å². The number of carbonyl (C=O) groups excluding carboxylic acids is 2. The minimum atomic E-state index is -0.520. The van der Waals surface area contributed by atoms with E-state index < -0.39 is 12.0 Å². The highest BCUT2D eigenvalue weighted by atomic mass is 79.9. The lowest BCUT2D eigenvalue weighted by Crippen LogP contribution is -2.49. The number of piperidine rings is 1. The third-order valence-electron chi connectivity index (χ3n) is 7.24. The second kappa shape index (κ2) is 13.1. The normalized spacial score (nSPS) is 17.2. The lowest BCUT2D eigenvalue weighted by atomic mass is 9.82. The van der Waals surface area contributed by atoms with Gasteiger partial charge >= 0.3 is 0 Å². The molecule has 1 saturated heterocycles. The third kappa shape index (κ3) is 6.64. The number of halogens is 2. The molecule has 8 heteroatoms. The molecule has 40 heavy (non-hydrogen) atoms. The quantitative estimate of drug-likeness (QED) is 0.245. The number of methoxy groups -OCH3 is 2. The van der Waals surface area contributed by atoms with Crippen LogP contribution >= 0.6 is 27.5 Å². The van der Waals surface area contributed by atoms with Gasteiger partial charge in [0.25, 0.3) is 0 Å². The van der Waals surface area contributed by atoms with Gasteiger partial charge in [0.2, 0.25) is 11.8 Å². The molecular weight excluding hydrogens is 592 g/mol. The summed E-state index contributed by atoms with van der Waals surface area (Å²) >= 11 is 9.94. The molecule has 0 spiro atoms. The van der Waals surface area contributed by atoms with Gasteiger partial charge in [-0.2, -0.15) is 0 Å². The molecule has 2 atom stereocenters. The van der Waals surface area contributed by atoms with Gasteiger partial charge in [0.05, 0.1) is 26.2 Å². The first-order valence-electron chi connectivity index (χ1n) is 13.5. The van der Waals surface area contributed by atoms with Crippen LogP contribution in [0.25, 0.3) is 0 Å². The number of rotatable bonds is 9. The summed E-state index contributed by atoms with van der Waals surface area (Å²) in [6.07, 6.45) is 0.731. The predicted molar refractivity (Wildman–Crippen MR) is 163 cm³/mol. The predicted octanol–water partition coefficient (Wildman–Crippen LogP) is 7.60. The number of hydrogen-bond donors (Lipinski definition) is 0. The summed E-state index contributed by atoms with van der Waals surface area (Å²) in [5.74, 6) is 0.916. The lowest BCUT2D eigenvalue weighted by molar-refractivity contribution is -0.139. The van der Waals surface area contributed by atoms with Gasteiger partial charge < -0.3 is 19.3 Å². The summed E-state index contributed by atoms with van der Waals surface area (Å²) in [6.45, 7) is 7.19. The van der Waals surface area contributed by atoms with Crippen LogP contribution in [0.1, 0.15) is 49.4 Å². The Morgan fingerprint density at radius 1 is 1.05 bits per heavy atom. The number of aryl methyl sites for hydroxylation is 1. The fraction of sp³-hybridized carbons (Fsp3) is 0.375. The van der Waals surface area contributed by atoms with E-state index in [1.165, 1.54) is 0 Å². The molecule has 2 amide bonds. The van der Waals surface area contributed by atoms with Crippen molar-refractivity contribution in [3.63, 3.8) is 0 Å². The van der Waals surface area contributed by atoms with Crippen LogP contribution in [0.5, 0.6) is 11.5 Å². The van der Waals surface area contributed by atoms with Gasteiger partial charge in [0, 0.05) is 34.7 Å². The smallest absolute Gasteiger partial charge is 0.228 e. The summed E-state index contributed by atoms with van der Waals surface area (Å²) in [4.78, 5) is 31.8. The SMILES string of the molecule is COc1ccc(C2C(C(=O)N(Cc3cc(Cl)ccc3Br)CC(C)C)CCC(=O)N2c2ccc(C)cc2)cc1OC. The second-order valence-electron chi connectivity index (χ2n) is 10.7. The Bertz CT molecular complexity index is 1360. The van der Waals surface area contributed by atoms with Crippen molar-refractivity contribution >= 4 is 45.0 Å². The minimum absolute atomic E-state index is 0.00460. The first kappa shape index (κ1) is 29.9. The molecule has 1 aliphatic rings. The van der Waals surface area contributed by atoms with Crippen LogP contribution in [-0.2, 0) is 16.1 Å². The van der Waals surface area contributed by atoms with Crippen molar-refractivity contribution in [2.45, 2.75) is 46.2 Å². The van der Waals surface area contributed by atoms with Crippen molar-refractivity contribution in [2.24, 2.45) is 11.8 Å². The molecule has 0 aliphatic carbocycles. The van der Waals surface area contributed by atoms with Gasteiger partial charge in [0.15, 0.2) is 11.5 Å². The van der Waals surface area contributed by atoms with E-state index in [0.717, 1.165) is 26.9 Å². The molecule has 1 fully saturated rings. The molecule has 0 saturated carbocycles. The van der Waals surface area contributed by atoms with Crippen LogP contribution in [0, 0.1) is 18.8 Å². The van der Waals surface area contributed by atoms with Crippen LogP contribution in [0.2, 0.25) is 5.02 Å². The molecular formula is C32H36BrClN2O4. The molecule has 0 radical (unpaired) electrons. The molecule has 1 aliphatic heterocycles. The largest absolute Gasteiger partial charge is 0.493 e. The van der Waals surface area contributed by atoms with Gasteiger partial charge in [-0.1, -0.05) is 65.1 Å². The van der Waals surface area contributed by atoms with Crippen molar-refractivity contribution in [3.05, 3.63) is 86.8 Å². The first-order chi connectivity index (χ1) is 19.1. The van der Waals surface area contributed by atoms with E-state index in [1.54, 1.807) is 19.1 Å². The number of nitrogens with zero attached hydrogens (tertiary/aromatic N) is 2. The molecule has 6 nitrogen and oxygen atoms in total. The molecule has 3 aromatic carbocycles. The molecule has 2 unspecified atom stereocenters. The van der Waals surface area contributed by atoms with Crippen LogP contribution in [0.3, 0.4) is 0 Å². The molecule has 1 heterocycles. The Labute approximate surface area is 250 Å². The Kier molecular flexibility index (Phi) is 9.80. The van der Waals surface area contributed by atoms with Crippen LogP contribution in [0.4, 0.5) is 5.69 Å². The van der Waals surface area contributed by atoms with E-state index in [0.29, 0.717) is 36.0 Å². The van der Waals surface area contributed by atoms with Gasteiger partial charge in [-0.15, -0.1) is 0 Å². The van der Waals surface area contributed by atoms with Crippen molar-refractivity contribution < 1.29 is 19.1 Å². The van der Waals surface area contributed by atoms with Crippen molar-refractivity contribution in [1.29, 1.82) is 0 Å². The van der Waals surface area contributed by atoms with E-state index in [9.17, 15) is 9.59 Å². The Morgan fingerprint density at radius 3 is 2.40 bits per heavy atom. The fourth-order valence-electron chi connectivity index (χ4n) is 5.36. The molecule has 212 valence electrons. The number of amides is 2. The van der Waals surface area contributed by atoms with E-state index in [1.807, 2.05) is 72.5 Å². The molecule has 0 aromatic heterocycles. The number of benzene rings is 3. The highest BCUT2D eigenvalue weighted by Gasteiger charge is 2.43. The standard InChI is InChI=1S/C32H36BrClN2O4/c1-20(2)18-35(19-23-16-24(34)9-13-27(23)33)32(38)26-12-15-30(37)36(25-10-6-21(3)7-11-25)31(26)22-8-14-28(39-4)29(17-22)40-5/h6-11,13-14,16-17,20,26,31H,12,15,18-19H2,1-5H3. The minimum Gasteiger partial charge on any atom is -0.493 e. The summed E-state index contributed by atoms with van der Waals surface area (Å²) in [5, 5.41) is 0.618. The van der Waals surface area contributed by atoms with Crippen LogP contribution in [-0.4, -0.2) is 37.5 Å². The molecule has 0 N–H and O–H groups in total. The second-order valence-corrected chi connectivity index (χ2v) is 11.9. The third-order valence-corrected chi connectivity index (χ3v) is 8.25. The monoisotopic (exact) mass is 626 g/mol. The fourth-order valence-corrected chi connectivity index (χ4v) is 5.92. The number of ether oxygens (including phenoxy) is 2. The van der Waals surface area contributed by atoms with E-state index in [2.05, 4.69) is 29.8 Å². The highest BCUT2D eigenvalue weighted by molar-refractivity contribution is 9.10. The number of carbonyl (C=O) groups is 2. The van der Waals surface area contributed by atoms with Gasteiger partial charge in [-0.05, 0) is 72.9 Å². The molecule has 0 bridgehead atoms. The number of anilines is 1. The maximum absolute atomic E-state index is 14.5. The summed E-state index contributed by atoms with van der Waals surface area (Å²) in [7, 11) is 3.17. The first-order valence-corrected chi connectivity index (χ1v) is 14.6. The van der Waals surface area contributed by atoms with E-state index in [-0.39, 0.29) is 24.2 Å². The Hall–Kier alpha value is -3.03. The Balaban J connectivity index is 1.81. The molecule has 4 rings (SSSR count). The Morgan fingerprint density at radius 2 is 1.75 bits per heavy atom. The lowest BCUT2D eigenvalue weighted by Gasteiger charge is -2.43. The van der Waals surface area contributed by atoms with Gasteiger partial charge in [0.1, 0.15) is 0 Å². The van der Waals surface area contributed by atoms with E-state index >= 15 is 0 Å². The van der Waals surface area contributed by atoms with Crippen LogP contribution in [0.15, 0.2) is 65.1 Å². The maximum Gasteiger partial charge on any atom is 0.228 e. The summed E-state index contributed by atoms with van der Waals surface area (Å²) in [6, 6.07) is 18.6. The van der Waals surface area contributed by atoms with Crippen molar-refractivity contribution in [3.8, 4) is 11.5 Å². The van der Waals surface area contributed by atoms with E-state index in [4.69, 9.17) is 21.1 Å². The van der Waals surface area contributed by atoms with Gasteiger partial charge in [-0.25, -0.2) is 0 Å². The zero-order valence-electron chi connectivity index (χ0n) is 23.6. The average molecular weight is 628 g/mol. The summed E-state index contributed by atoms with van der Waals surface area (Å²) in [5.41, 5.74) is 3.61. The van der Waals surface area contributed by atoms with Crippen molar-refractivity contribution in [1.82, 2.24) is 4.90 Å². The number of hydrogen-bond acceptors (Lipinski definition) is 4. The highest BCUT2D eigenvalue weighted by Crippen LogP contribution is 2.43. The maximum atomic E-state index is 14.5. The zero-order chi connectivity index (χ0) is 29.0. The van der Waals surface area contributed by atoms with Crippen molar-refractivity contribution in [2.75, 3.05) is 25.7 Å². The van der Waals surface area contributed by atoms with Gasteiger partial charge in [-0.3, -0.25) is 9.59 Å². The average Bonchev–Trinajstić information content (AvgIpc) is 2.94. The summed E-state index contributed by atoms with van der Waals surface area (Å²) < 4.78 is 12.0. The zero-order valence-corrected chi connectivity index (χ0v) is 26.0. The topological polar surface area (TPSA) is 59.1 Å². The molecule has 3 aromatic rings.